The first-order valence-electron chi connectivity index (χ1n) is 10.9. The van der Waals surface area contributed by atoms with Crippen molar-refractivity contribution in [3.05, 3.63) is 58.0 Å². The minimum Gasteiger partial charge on any atom is -0.454 e. The smallest absolute Gasteiger partial charge is 0.435 e. The summed E-state index contributed by atoms with van der Waals surface area (Å²) in [4.78, 5) is 26.7. The Hall–Kier alpha value is -3.80. The van der Waals surface area contributed by atoms with Gasteiger partial charge in [-0.3, -0.25) is 9.59 Å². The van der Waals surface area contributed by atoms with Crippen LogP contribution in [0, 0.1) is 13.8 Å². The number of carbonyl (C=O) groups is 2. The third kappa shape index (κ3) is 6.50. The van der Waals surface area contributed by atoms with Gasteiger partial charge in [0.15, 0.2) is 23.0 Å². The Morgan fingerprint density at radius 2 is 1.89 bits per heavy atom. The van der Waals surface area contributed by atoms with E-state index in [1.807, 2.05) is 20.8 Å². The number of anilines is 1. The summed E-state index contributed by atoms with van der Waals surface area (Å²) in [7, 11) is 0. The van der Waals surface area contributed by atoms with Crippen molar-refractivity contribution in [1.29, 1.82) is 0 Å². The summed E-state index contributed by atoms with van der Waals surface area (Å²) in [6.45, 7) is 9.29. The van der Waals surface area contributed by atoms with Crippen LogP contribution < -0.4 is 20.1 Å². The van der Waals surface area contributed by atoms with Crippen LogP contribution in [0.2, 0.25) is 5.02 Å². The monoisotopic (exact) mass is 539 g/mol. The van der Waals surface area contributed by atoms with E-state index in [-0.39, 0.29) is 28.9 Å². The second-order valence-corrected chi connectivity index (χ2v) is 9.43. The van der Waals surface area contributed by atoms with E-state index in [0.717, 1.165) is 4.68 Å². The first-order chi connectivity index (χ1) is 17.2. The van der Waals surface area contributed by atoms with Gasteiger partial charge >= 0.3 is 6.18 Å². The summed E-state index contributed by atoms with van der Waals surface area (Å²) >= 11 is 6.07. The largest absolute Gasteiger partial charge is 0.454 e. The summed E-state index contributed by atoms with van der Waals surface area (Å²) in [5.74, 6) is 0.0876. The van der Waals surface area contributed by atoms with Crippen molar-refractivity contribution in [2.24, 2.45) is 0 Å². The van der Waals surface area contributed by atoms with E-state index < -0.39 is 17.8 Å². The first kappa shape index (κ1) is 27.8. The lowest BCUT2D eigenvalue weighted by Crippen LogP contribution is -2.34. The molecule has 1 aliphatic heterocycles. The fourth-order valence-electron chi connectivity index (χ4n) is 3.29. The molecule has 0 fully saturated rings. The highest BCUT2D eigenvalue weighted by molar-refractivity contribution is 6.32. The molecule has 0 aliphatic carbocycles. The number of hydrogen-bond acceptors (Lipinski definition) is 6. The lowest BCUT2D eigenvalue weighted by atomic mass is 10.1. The Labute approximate surface area is 215 Å². The lowest BCUT2D eigenvalue weighted by Gasteiger charge is -2.15. The minimum absolute atomic E-state index is 0.0406. The molecule has 2 aromatic heterocycles. The molecule has 13 heteroatoms. The Morgan fingerprint density at radius 3 is 2.46 bits per heavy atom. The predicted molar refractivity (Wildman–Crippen MR) is 130 cm³/mol. The van der Waals surface area contributed by atoms with Crippen LogP contribution in [0.15, 0.2) is 30.5 Å². The number of hydrogen-bond donors (Lipinski definition) is 2. The van der Waals surface area contributed by atoms with E-state index in [2.05, 4.69) is 20.7 Å². The third-order valence-corrected chi connectivity index (χ3v) is 5.30. The number of aryl methyl sites for hydroxylation is 1. The van der Waals surface area contributed by atoms with Crippen LogP contribution in [0.3, 0.4) is 0 Å². The average Bonchev–Trinajstić information content (AvgIpc) is 3.44. The van der Waals surface area contributed by atoms with Crippen molar-refractivity contribution in [2.75, 3.05) is 12.1 Å². The molecule has 0 unspecified atom stereocenters. The molecule has 0 spiro atoms. The highest BCUT2D eigenvalue weighted by Gasteiger charge is 2.37. The zero-order valence-corrected chi connectivity index (χ0v) is 21.4. The predicted octanol–water partition coefficient (Wildman–Crippen LogP) is 5.07. The molecule has 3 aromatic rings. The van der Waals surface area contributed by atoms with Gasteiger partial charge in [-0.2, -0.15) is 18.3 Å². The summed E-state index contributed by atoms with van der Waals surface area (Å²) in [6, 6.07) is 5.28. The molecule has 4 rings (SSSR count). The van der Waals surface area contributed by atoms with Crippen molar-refractivity contribution in [3.8, 4) is 17.3 Å². The van der Waals surface area contributed by atoms with Gasteiger partial charge in [-0.1, -0.05) is 11.6 Å². The van der Waals surface area contributed by atoms with E-state index >= 15 is 0 Å². The van der Waals surface area contributed by atoms with Gasteiger partial charge < -0.3 is 20.1 Å². The number of fused-ring (bicyclic) bond motifs is 1. The van der Waals surface area contributed by atoms with Crippen molar-refractivity contribution >= 4 is 29.6 Å². The number of nitrogens with zero attached hydrogens (tertiary/aromatic N) is 3. The SMILES string of the molecule is CC(C)(C)NC=O.Cc1cc2c(c(C)c1NC(=O)c1cc(C(F)(F)F)nn1-c1ncccc1Cl)OCO2. The molecule has 0 atom stereocenters. The van der Waals surface area contributed by atoms with Crippen LogP contribution >= 0.6 is 11.6 Å². The average molecular weight is 540 g/mol. The molecule has 2 N–H and O–H groups in total. The number of alkyl halides is 3. The second-order valence-electron chi connectivity index (χ2n) is 9.03. The number of ether oxygens (including phenoxy) is 2. The summed E-state index contributed by atoms with van der Waals surface area (Å²) in [5.41, 5.74) is -0.0376. The number of benzene rings is 1. The molecule has 37 heavy (non-hydrogen) atoms. The van der Waals surface area contributed by atoms with E-state index in [4.69, 9.17) is 21.1 Å². The van der Waals surface area contributed by atoms with Gasteiger partial charge in [-0.15, -0.1) is 0 Å². The number of aromatic nitrogens is 3. The summed E-state index contributed by atoms with van der Waals surface area (Å²) in [5, 5.41) is 8.81. The van der Waals surface area contributed by atoms with Crippen molar-refractivity contribution in [1.82, 2.24) is 20.1 Å². The van der Waals surface area contributed by atoms with Crippen LogP contribution in [0.5, 0.6) is 11.5 Å². The molecule has 3 heterocycles. The maximum atomic E-state index is 13.3. The quantitative estimate of drug-likeness (QED) is 0.448. The molecule has 0 saturated carbocycles. The number of carbonyl (C=O) groups excluding carboxylic acids is 2. The topological polar surface area (TPSA) is 107 Å². The lowest BCUT2D eigenvalue weighted by molar-refractivity contribution is -0.141. The highest BCUT2D eigenvalue weighted by Crippen LogP contribution is 2.41. The molecule has 0 radical (unpaired) electrons. The van der Waals surface area contributed by atoms with Gasteiger partial charge in [0.2, 0.25) is 13.2 Å². The van der Waals surface area contributed by atoms with Crippen molar-refractivity contribution in [2.45, 2.75) is 46.3 Å². The van der Waals surface area contributed by atoms with Crippen molar-refractivity contribution < 1.29 is 32.2 Å². The fraction of sp³-hybridized carbons (Fsp3) is 0.333. The first-order valence-corrected chi connectivity index (χ1v) is 11.3. The Morgan fingerprint density at radius 1 is 1.19 bits per heavy atom. The maximum Gasteiger partial charge on any atom is 0.435 e. The zero-order chi connectivity index (χ0) is 27.5. The van der Waals surface area contributed by atoms with Gasteiger partial charge in [-0.25, -0.2) is 9.67 Å². The van der Waals surface area contributed by atoms with Gasteiger partial charge in [0.25, 0.3) is 5.91 Å². The second kappa shape index (κ2) is 10.7. The molecule has 9 nitrogen and oxygen atoms in total. The molecule has 1 aromatic carbocycles. The van der Waals surface area contributed by atoms with Crippen LogP contribution in [-0.4, -0.2) is 39.4 Å². The Balaban J connectivity index is 0.000000479. The van der Waals surface area contributed by atoms with Crippen LogP contribution in [0.25, 0.3) is 5.82 Å². The van der Waals surface area contributed by atoms with Gasteiger partial charge in [-0.05, 0) is 58.4 Å². The maximum absolute atomic E-state index is 13.3. The molecule has 1 aliphatic rings. The van der Waals surface area contributed by atoms with Crippen LogP contribution in [0.1, 0.15) is 48.1 Å². The summed E-state index contributed by atoms with van der Waals surface area (Å²) in [6.07, 6.45) is -2.71. The van der Waals surface area contributed by atoms with E-state index in [1.54, 1.807) is 19.9 Å². The molecule has 198 valence electrons. The number of amides is 2. The number of nitrogens with one attached hydrogen (secondary N) is 2. The highest BCUT2D eigenvalue weighted by atomic mass is 35.5. The fourth-order valence-corrected chi connectivity index (χ4v) is 3.49. The molecular formula is C24H25ClF3N5O4. The minimum atomic E-state index is -4.76. The number of pyridine rings is 1. The Kier molecular flexibility index (Phi) is 8.01. The molecule has 2 amide bonds. The Bertz CT molecular complexity index is 1320. The molecule has 0 bridgehead atoms. The zero-order valence-electron chi connectivity index (χ0n) is 20.7. The van der Waals surface area contributed by atoms with Crippen molar-refractivity contribution in [3.63, 3.8) is 0 Å². The van der Waals surface area contributed by atoms with E-state index in [0.29, 0.717) is 40.8 Å². The molecule has 0 saturated heterocycles. The third-order valence-electron chi connectivity index (χ3n) is 5.00. The van der Waals surface area contributed by atoms with E-state index in [9.17, 15) is 22.8 Å². The van der Waals surface area contributed by atoms with Gasteiger partial charge in [0.1, 0.15) is 5.69 Å². The number of halogens is 4. The van der Waals surface area contributed by atoms with E-state index in [1.165, 1.54) is 18.3 Å². The van der Waals surface area contributed by atoms with Crippen LogP contribution in [0.4, 0.5) is 18.9 Å². The normalized spacial score (nSPS) is 12.5. The molecular weight excluding hydrogens is 515 g/mol. The van der Waals surface area contributed by atoms with Gasteiger partial charge in [0.05, 0.1) is 10.7 Å². The summed E-state index contributed by atoms with van der Waals surface area (Å²) < 4.78 is 51.3. The standard InChI is InChI=1S/C19H14ClF3N4O3.C5H11NO/c1-9-6-13-16(30-8-29-13)10(2)15(9)25-18(28)12-7-14(19(21,22)23)26-27(12)17-11(20)4-3-5-24-17;1-5(2,3)6-4-7/h3-7H,8H2,1-2H3,(H,25,28);4H,1-3H3,(H,6,7). The van der Waals surface area contributed by atoms with Gasteiger partial charge in [0, 0.05) is 23.4 Å². The van der Waals surface area contributed by atoms with Crippen LogP contribution in [-0.2, 0) is 11.0 Å². The number of rotatable bonds is 4.